The van der Waals surface area contributed by atoms with Gasteiger partial charge in [-0.15, -0.1) is 0 Å². The number of ether oxygens (including phenoxy) is 1. The topological polar surface area (TPSA) is 95.9 Å². The summed E-state index contributed by atoms with van der Waals surface area (Å²) in [5.41, 5.74) is 0.808. The maximum absolute atomic E-state index is 12.8. The Labute approximate surface area is 159 Å². The summed E-state index contributed by atoms with van der Waals surface area (Å²) in [5.74, 6) is -0.943. The van der Waals surface area contributed by atoms with Crippen molar-refractivity contribution in [1.82, 2.24) is 10.2 Å². The van der Waals surface area contributed by atoms with Crippen molar-refractivity contribution in [2.45, 2.75) is 45.1 Å². The van der Waals surface area contributed by atoms with Crippen LogP contribution < -0.4 is 10.1 Å². The van der Waals surface area contributed by atoms with Gasteiger partial charge in [0.25, 0.3) is 0 Å². The number of nitrogens with one attached hydrogen (secondary N) is 1. The molecular formula is C20H28N2O5. The maximum Gasteiger partial charge on any atom is 0.305 e. The van der Waals surface area contributed by atoms with Crippen LogP contribution in [0.5, 0.6) is 5.75 Å². The molecule has 1 aromatic carbocycles. The highest BCUT2D eigenvalue weighted by atomic mass is 16.5. The molecule has 1 fully saturated rings. The van der Waals surface area contributed by atoms with Crippen LogP contribution in [-0.4, -0.2) is 48.0 Å². The highest BCUT2D eigenvalue weighted by Crippen LogP contribution is 2.40. The van der Waals surface area contributed by atoms with Crippen LogP contribution in [0.2, 0.25) is 0 Å². The van der Waals surface area contributed by atoms with Gasteiger partial charge in [0.2, 0.25) is 11.8 Å². The number of hydrogen-bond acceptors (Lipinski definition) is 4. The van der Waals surface area contributed by atoms with Gasteiger partial charge in [-0.3, -0.25) is 14.4 Å². The van der Waals surface area contributed by atoms with E-state index in [0.29, 0.717) is 25.1 Å². The summed E-state index contributed by atoms with van der Waals surface area (Å²) in [6.07, 6.45) is 2.41. The van der Waals surface area contributed by atoms with Gasteiger partial charge in [0.1, 0.15) is 5.75 Å². The number of carbonyl (C=O) groups is 3. The predicted molar refractivity (Wildman–Crippen MR) is 100 cm³/mol. The van der Waals surface area contributed by atoms with Gasteiger partial charge < -0.3 is 20.1 Å². The number of unbranched alkanes of at least 4 members (excludes halogenated alkanes) is 1. The van der Waals surface area contributed by atoms with Crippen molar-refractivity contribution in [3.63, 3.8) is 0 Å². The van der Waals surface area contributed by atoms with E-state index in [1.54, 1.807) is 12.0 Å². The van der Waals surface area contributed by atoms with Crippen LogP contribution in [-0.2, 0) is 14.4 Å². The molecule has 2 N–H and O–H groups in total. The lowest BCUT2D eigenvalue weighted by atomic mass is 9.83. The van der Waals surface area contributed by atoms with Gasteiger partial charge in [-0.1, -0.05) is 31.5 Å². The van der Waals surface area contributed by atoms with E-state index in [9.17, 15) is 14.4 Å². The Hall–Kier alpha value is -2.57. The molecule has 148 valence electrons. The number of hydrogen-bond donors (Lipinski definition) is 2. The number of rotatable bonds is 9. The zero-order valence-corrected chi connectivity index (χ0v) is 15.9. The Balaban J connectivity index is 2.33. The molecule has 2 atom stereocenters. The van der Waals surface area contributed by atoms with Crippen molar-refractivity contribution in [3.8, 4) is 5.75 Å². The number of piperidine rings is 1. The maximum atomic E-state index is 12.8. The van der Waals surface area contributed by atoms with Crippen LogP contribution in [0.3, 0.4) is 0 Å². The molecule has 1 heterocycles. The number of methoxy groups -OCH3 is 1. The molecule has 2 unspecified atom stereocenters. The van der Waals surface area contributed by atoms with E-state index >= 15 is 0 Å². The first-order valence-electron chi connectivity index (χ1n) is 9.41. The smallest absolute Gasteiger partial charge is 0.305 e. The first-order valence-corrected chi connectivity index (χ1v) is 9.41. The Morgan fingerprint density at radius 3 is 2.74 bits per heavy atom. The second-order valence-electron chi connectivity index (χ2n) is 6.71. The van der Waals surface area contributed by atoms with Gasteiger partial charge in [0.05, 0.1) is 25.5 Å². The minimum atomic E-state index is -0.958. The molecule has 0 bridgehead atoms. The second-order valence-corrected chi connectivity index (χ2v) is 6.71. The molecule has 2 amide bonds. The monoisotopic (exact) mass is 376 g/mol. The number of benzene rings is 1. The third kappa shape index (κ3) is 5.21. The van der Waals surface area contributed by atoms with Crippen LogP contribution in [0.1, 0.15) is 50.6 Å². The van der Waals surface area contributed by atoms with E-state index < -0.39 is 17.9 Å². The zero-order valence-electron chi connectivity index (χ0n) is 15.9. The molecule has 0 aromatic heterocycles. The van der Waals surface area contributed by atoms with Crippen molar-refractivity contribution in [2.24, 2.45) is 5.92 Å². The molecule has 1 aliphatic rings. The van der Waals surface area contributed by atoms with E-state index in [-0.39, 0.29) is 24.8 Å². The minimum Gasteiger partial charge on any atom is -0.496 e. The van der Waals surface area contributed by atoms with Crippen molar-refractivity contribution in [2.75, 3.05) is 20.2 Å². The molecule has 27 heavy (non-hydrogen) atoms. The largest absolute Gasteiger partial charge is 0.496 e. The minimum absolute atomic E-state index is 0.0361. The summed E-state index contributed by atoms with van der Waals surface area (Å²) in [4.78, 5) is 37.9. The molecule has 0 saturated carbocycles. The number of carboxylic acids is 1. The van der Waals surface area contributed by atoms with E-state index in [0.717, 1.165) is 18.4 Å². The molecule has 1 saturated heterocycles. The van der Waals surface area contributed by atoms with E-state index in [1.165, 1.54) is 0 Å². The average Bonchev–Trinajstić information content (AvgIpc) is 2.66. The van der Waals surface area contributed by atoms with Gasteiger partial charge in [-0.05, 0) is 18.9 Å². The molecule has 0 aliphatic carbocycles. The SMILES string of the molecule is CCCCN1C(=O)CCC(C(=O)NCCC(=O)O)C1c1ccccc1OC. The molecule has 7 heteroatoms. The lowest BCUT2D eigenvalue weighted by Crippen LogP contribution is -2.48. The first-order chi connectivity index (χ1) is 13.0. The summed E-state index contributed by atoms with van der Waals surface area (Å²) in [7, 11) is 1.57. The molecule has 1 aliphatic heterocycles. The fourth-order valence-electron chi connectivity index (χ4n) is 3.54. The number of aliphatic carboxylic acids is 1. The highest BCUT2D eigenvalue weighted by Gasteiger charge is 2.41. The average molecular weight is 376 g/mol. The fourth-order valence-corrected chi connectivity index (χ4v) is 3.54. The first kappa shape index (κ1) is 20.7. The zero-order chi connectivity index (χ0) is 19.8. The lowest BCUT2D eigenvalue weighted by molar-refractivity contribution is -0.143. The van der Waals surface area contributed by atoms with Crippen LogP contribution in [0.25, 0.3) is 0 Å². The summed E-state index contributed by atoms with van der Waals surface area (Å²) < 4.78 is 5.48. The number of amides is 2. The molecule has 2 rings (SSSR count). The van der Waals surface area contributed by atoms with Crippen molar-refractivity contribution >= 4 is 17.8 Å². The molecule has 0 spiro atoms. The van der Waals surface area contributed by atoms with Crippen LogP contribution in [0.4, 0.5) is 0 Å². The Bertz CT molecular complexity index is 676. The lowest BCUT2D eigenvalue weighted by Gasteiger charge is -2.41. The summed E-state index contributed by atoms with van der Waals surface area (Å²) in [5, 5.41) is 11.5. The van der Waals surface area contributed by atoms with Gasteiger partial charge >= 0.3 is 5.97 Å². The van der Waals surface area contributed by atoms with E-state index in [2.05, 4.69) is 12.2 Å². The van der Waals surface area contributed by atoms with Crippen molar-refractivity contribution < 1.29 is 24.2 Å². The van der Waals surface area contributed by atoms with Gasteiger partial charge in [-0.25, -0.2) is 0 Å². The number of nitrogens with zero attached hydrogens (tertiary/aromatic N) is 1. The second kappa shape index (κ2) is 9.94. The van der Waals surface area contributed by atoms with E-state index in [1.807, 2.05) is 24.3 Å². The summed E-state index contributed by atoms with van der Waals surface area (Å²) in [6.45, 7) is 2.71. The van der Waals surface area contributed by atoms with E-state index in [4.69, 9.17) is 9.84 Å². The Morgan fingerprint density at radius 1 is 1.33 bits per heavy atom. The number of para-hydroxylation sites is 1. The van der Waals surface area contributed by atoms with Crippen LogP contribution in [0, 0.1) is 5.92 Å². The van der Waals surface area contributed by atoms with Crippen LogP contribution in [0.15, 0.2) is 24.3 Å². The number of carboxylic acid groups (broad SMARTS) is 1. The quantitative estimate of drug-likeness (QED) is 0.690. The number of carbonyl (C=O) groups excluding carboxylic acids is 2. The molecular weight excluding hydrogens is 348 g/mol. The number of likely N-dealkylation sites (tertiary alicyclic amines) is 1. The Kier molecular flexibility index (Phi) is 7.64. The predicted octanol–water partition coefficient (Wildman–Crippen LogP) is 2.37. The summed E-state index contributed by atoms with van der Waals surface area (Å²) in [6, 6.07) is 7.02. The van der Waals surface area contributed by atoms with Crippen LogP contribution >= 0.6 is 0 Å². The Morgan fingerprint density at radius 2 is 2.07 bits per heavy atom. The standard InChI is InChI=1S/C20H28N2O5/c1-3-4-13-22-17(23)10-9-15(20(26)21-12-11-18(24)25)19(22)14-7-5-6-8-16(14)27-2/h5-8,15,19H,3-4,9-13H2,1-2H3,(H,21,26)(H,24,25). The van der Waals surface area contributed by atoms with Gasteiger partial charge in [-0.2, -0.15) is 0 Å². The highest BCUT2D eigenvalue weighted by molar-refractivity contribution is 5.85. The van der Waals surface area contributed by atoms with Crippen molar-refractivity contribution in [1.29, 1.82) is 0 Å². The third-order valence-corrected chi connectivity index (χ3v) is 4.89. The normalized spacial score (nSPS) is 19.6. The van der Waals surface area contributed by atoms with Gasteiger partial charge in [0.15, 0.2) is 0 Å². The van der Waals surface area contributed by atoms with Crippen molar-refractivity contribution in [3.05, 3.63) is 29.8 Å². The summed E-state index contributed by atoms with van der Waals surface area (Å²) >= 11 is 0. The molecule has 1 aromatic rings. The fraction of sp³-hybridized carbons (Fsp3) is 0.550. The third-order valence-electron chi connectivity index (χ3n) is 4.89. The van der Waals surface area contributed by atoms with Gasteiger partial charge in [0, 0.05) is 25.1 Å². The molecule has 7 nitrogen and oxygen atoms in total. The molecule has 0 radical (unpaired) electrons.